The van der Waals surface area contributed by atoms with E-state index in [0.29, 0.717) is 12.3 Å². The Kier molecular flexibility index (Phi) is 9.27. The zero-order valence-corrected chi connectivity index (χ0v) is 22.5. The van der Waals surface area contributed by atoms with Crippen LogP contribution < -0.4 is 11.1 Å². The number of carbonyl (C=O) groups excluding carboxylic acids is 1. The van der Waals surface area contributed by atoms with E-state index in [-0.39, 0.29) is 49.1 Å². The second kappa shape index (κ2) is 12.4. The van der Waals surface area contributed by atoms with Crippen LogP contribution in [0.25, 0.3) is 0 Å². The van der Waals surface area contributed by atoms with Gasteiger partial charge in [0.2, 0.25) is 10.0 Å². The van der Waals surface area contributed by atoms with Gasteiger partial charge in [-0.25, -0.2) is 13.2 Å². The van der Waals surface area contributed by atoms with Crippen LogP contribution in [0.1, 0.15) is 25.8 Å². The Morgan fingerprint density at radius 2 is 1.84 bits per heavy atom. The number of fused-ring (bicyclic) bond motifs is 1. The van der Waals surface area contributed by atoms with Gasteiger partial charge >= 0.3 is 6.09 Å². The van der Waals surface area contributed by atoms with Gasteiger partial charge in [-0.05, 0) is 48.6 Å². The van der Waals surface area contributed by atoms with E-state index in [1.165, 1.54) is 28.6 Å². The molecule has 0 spiro atoms. The van der Waals surface area contributed by atoms with Crippen LogP contribution in [0.2, 0.25) is 0 Å². The number of nitrogens with one attached hydrogen (secondary N) is 1. The molecule has 2 fully saturated rings. The molecule has 2 aromatic rings. The second-order valence-electron chi connectivity index (χ2n) is 10.3. The molecular weight excluding hydrogens is 510 g/mol. The van der Waals surface area contributed by atoms with Gasteiger partial charge < -0.3 is 30.4 Å². The Morgan fingerprint density at radius 3 is 2.53 bits per heavy atom. The summed E-state index contributed by atoms with van der Waals surface area (Å²) in [6, 6.07) is 14.5. The van der Waals surface area contributed by atoms with Crippen LogP contribution >= 0.6 is 0 Å². The van der Waals surface area contributed by atoms with E-state index >= 15 is 0 Å². The molecule has 0 unspecified atom stereocenters. The third-order valence-corrected chi connectivity index (χ3v) is 8.63. The van der Waals surface area contributed by atoms with Crippen LogP contribution in [0.4, 0.5) is 10.5 Å². The molecule has 4 rings (SSSR count). The maximum atomic E-state index is 13.5. The number of ether oxygens (including phenoxy) is 3. The van der Waals surface area contributed by atoms with Crippen LogP contribution in [-0.4, -0.2) is 74.8 Å². The number of anilines is 1. The lowest BCUT2D eigenvalue weighted by Gasteiger charge is -2.31. The van der Waals surface area contributed by atoms with E-state index in [4.69, 9.17) is 19.9 Å². The van der Waals surface area contributed by atoms with Gasteiger partial charge in [0.25, 0.3) is 0 Å². The summed E-state index contributed by atoms with van der Waals surface area (Å²) in [6.07, 6.45) is -1.69. The van der Waals surface area contributed by atoms with Crippen LogP contribution in [0.5, 0.6) is 0 Å². The largest absolute Gasteiger partial charge is 0.443 e. The van der Waals surface area contributed by atoms with Crippen molar-refractivity contribution in [3.05, 3.63) is 60.2 Å². The molecule has 2 aromatic carbocycles. The maximum absolute atomic E-state index is 13.5. The SMILES string of the molecule is CC(C)CN(C[C@@H](O)[C@H](Cc1ccccc1)NC(=O)O[C@H]1CO[C@@H]2OCC[C@H]21)S(=O)(=O)c1ccc(N)cc1. The molecule has 2 saturated heterocycles. The first-order chi connectivity index (χ1) is 18.1. The number of aliphatic hydroxyl groups excluding tert-OH is 1. The number of benzene rings is 2. The van der Waals surface area contributed by atoms with E-state index in [9.17, 15) is 18.3 Å². The quantitative estimate of drug-likeness (QED) is 0.364. The van der Waals surface area contributed by atoms with E-state index in [2.05, 4.69) is 5.32 Å². The van der Waals surface area contributed by atoms with Crippen molar-refractivity contribution in [1.82, 2.24) is 9.62 Å². The number of rotatable bonds is 11. The van der Waals surface area contributed by atoms with Gasteiger partial charge in [0, 0.05) is 18.8 Å². The minimum absolute atomic E-state index is 0.000183. The van der Waals surface area contributed by atoms with Crippen molar-refractivity contribution < 1.29 is 32.5 Å². The Hall–Kier alpha value is -2.70. The number of carbonyl (C=O) groups is 1. The molecular formula is C27H37N3O7S. The highest BCUT2D eigenvalue weighted by molar-refractivity contribution is 7.89. The molecule has 5 atom stereocenters. The number of hydrogen-bond acceptors (Lipinski definition) is 8. The third-order valence-electron chi connectivity index (χ3n) is 6.79. The third kappa shape index (κ3) is 7.03. The Labute approximate surface area is 224 Å². The fourth-order valence-electron chi connectivity index (χ4n) is 4.82. The molecule has 1 amide bonds. The maximum Gasteiger partial charge on any atom is 0.407 e. The number of sulfonamides is 1. The van der Waals surface area contributed by atoms with Crippen molar-refractivity contribution in [3.8, 4) is 0 Å². The van der Waals surface area contributed by atoms with Crippen LogP contribution in [-0.2, 0) is 30.7 Å². The van der Waals surface area contributed by atoms with Gasteiger partial charge in [0.1, 0.15) is 6.10 Å². The van der Waals surface area contributed by atoms with Crippen molar-refractivity contribution in [2.75, 3.05) is 32.0 Å². The van der Waals surface area contributed by atoms with Crippen LogP contribution in [0.15, 0.2) is 59.5 Å². The monoisotopic (exact) mass is 547 g/mol. The first kappa shape index (κ1) is 28.3. The van der Waals surface area contributed by atoms with Gasteiger partial charge in [0.15, 0.2) is 6.29 Å². The standard InChI is InChI=1S/C27H37N3O7S/c1-18(2)15-30(38(33,34)21-10-8-20(28)9-11-21)16-24(31)23(14-19-6-4-3-5-7-19)29-27(32)37-25-17-36-26-22(25)12-13-35-26/h3-11,18,22-26,31H,12-17,28H2,1-2H3,(H,29,32)/t22-,23-,24+,25-,26-/m0/s1. The molecule has 10 nitrogen and oxygen atoms in total. The van der Waals surface area contributed by atoms with Crippen molar-refractivity contribution in [2.45, 2.75) is 56.1 Å². The predicted octanol–water partition coefficient (Wildman–Crippen LogP) is 2.38. The van der Waals surface area contributed by atoms with Crippen LogP contribution in [0, 0.1) is 11.8 Å². The molecule has 0 radical (unpaired) electrons. The minimum atomic E-state index is -3.93. The molecule has 2 aliphatic heterocycles. The molecule has 0 aliphatic carbocycles. The van der Waals surface area contributed by atoms with E-state index in [1.807, 2.05) is 44.2 Å². The summed E-state index contributed by atoms with van der Waals surface area (Å²) in [4.78, 5) is 13.0. The van der Waals surface area contributed by atoms with Gasteiger partial charge in [0.05, 0.1) is 36.2 Å². The number of nitrogens with two attached hydrogens (primary N) is 1. The first-order valence-corrected chi connectivity index (χ1v) is 14.4. The van der Waals surface area contributed by atoms with E-state index in [0.717, 1.165) is 12.0 Å². The average Bonchev–Trinajstić information content (AvgIpc) is 3.49. The van der Waals surface area contributed by atoms with E-state index < -0.39 is 34.4 Å². The summed E-state index contributed by atoms with van der Waals surface area (Å²) in [7, 11) is -3.93. The number of hydrogen-bond donors (Lipinski definition) is 3. The number of aliphatic hydroxyl groups is 1. The highest BCUT2D eigenvalue weighted by Crippen LogP contribution is 2.33. The highest BCUT2D eigenvalue weighted by Gasteiger charge is 2.44. The zero-order chi connectivity index (χ0) is 27.3. The number of nitrogen functional groups attached to an aromatic ring is 1. The second-order valence-corrected chi connectivity index (χ2v) is 12.2. The normalized spacial score (nSPS) is 22.8. The molecule has 4 N–H and O–H groups in total. The molecule has 2 aliphatic rings. The molecule has 0 aromatic heterocycles. The molecule has 11 heteroatoms. The van der Waals surface area contributed by atoms with Crippen molar-refractivity contribution in [1.29, 1.82) is 0 Å². The summed E-state index contributed by atoms with van der Waals surface area (Å²) >= 11 is 0. The predicted molar refractivity (Wildman–Crippen MR) is 142 cm³/mol. The summed E-state index contributed by atoms with van der Waals surface area (Å²) in [5.74, 6) is -0.0231. The Bertz CT molecular complexity index is 1160. The summed E-state index contributed by atoms with van der Waals surface area (Å²) < 4.78 is 44.9. The number of amides is 1. The molecule has 0 bridgehead atoms. The molecule has 38 heavy (non-hydrogen) atoms. The highest BCUT2D eigenvalue weighted by atomic mass is 32.2. The van der Waals surface area contributed by atoms with E-state index in [1.54, 1.807) is 0 Å². The fourth-order valence-corrected chi connectivity index (χ4v) is 6.45. The van der Waals surface area contributed by atoms with Gasteiger partial charge in [-0.1, -0.05) is 44.2 Å². The Morgan fingerprint density at radius 1 is 1.13 bits per heavy atom. The van der Waals surface area contributed by atoms with Gasteiger partial charge in [-0.2, -0.15) is 4.31 Å². The first-order valence-electron chi connectivity index (χ1n) is 12.9. The van der Waals surface area contributed by atoms with Gasteiger partial charge in [-0.3, -0.25) is 0 Å². The van der Waals surface area contributed by atoms with Gasteiger partial charge in [-0.15, -0.1) is 0 Å². The topological polar surface area (TPSA) is 140 Å². The lowest BCUT2D eigenvalue weighted by molar-refractivity contribution is -0.0907. The molecule has 0 saturated carbocycles. The summed E-state index contributed by atoms with van der Waals surface area (Å²) in [5.41, 5.74) is 7.07. The number of alkyl carbamates (subject to hydrolysis) is 1. The van der Waals surface area contributed by atoms with Crippen molar-refractivity contribution >= 4 is 21.8 Å². The minimum Gasteiger partial charge on any atom is -0.443 e. The van der Waals surface area contributed by atoms with Crippen LogP contribution in [0.3, 0.4) is 0 Å². The fraction of sp³-hybridized carbons (Fsp3) is 0.519. The lowest BCUT2D eigenvalue weighted by Crippen LogP contribution is -2.51. The number of nitrogens with zero attached hydrogens (tertiary/aromatic N) is 1. The smallest absolute Gasteiger partial charge is 0.407 e. The molecule has 2 heterocycles. The average molecular weight is 548 g/mol. The lowest BCUT2D eigenvalue weighted by atomic mass is 10.0. The van der Waals surface area contributed by atoms with Crippen molar-refractivity contribution in [2.24, 2.45) is 11.8 Å². The summed E-state index contributed by atoms with van der Waals surface area (Å²) in [5, 5.41) is 14.1. The summed E-state index contributed by atoms with van der Waals surface area (Å²) in [6.45, 7) is 4.58. The Balaban J connectivity index is 1.51. The molecule has 208 valence electrons. The zero-order valence-electron chi connectivity index (χ0n) is 21.7. The van der Waals surface area contributed by atoms with Crippen molar-refractivity contribution in [3.63, 3.8) is 0 Å².